The quantitative estimate of drug-likeness (QED) is 0.693. The second kappa shape index (κ2) is 6.94. The number of hydrogen-bond acceptors (Lipinski definition) is 5. The topological polar surface area (TPSA) is 52.4 Å². The molecule has 3 aromatic rings. The van der Waals surface area contributed by atoms with Crippen LogP contribution >= 0.6 is 0 Å². The fourth-order valence-corrected chi connectivity index (χ4v) is 2.98. The Labute approximate surface area is 146 Å². The number of aromatic nitrogens is 3. The molecular formula is C19H20N4O2. The molecule has 0 radical (unpaired) electrons. The van der Waals surface area contributed by atoms with E-state index >= 15 is 0 Å². The van der Waals surface area contributed by atoms with E-state index in [1.165, 1.54) is 16.8 Å². The van der Waals surface area contributed by atoms with E-state index in [2.05, 4.69) is 37.6 Å². The summed E-state index contributed by atoms with van der Waals surface area (Å²) in [5, 5.41) is 0. The molecule has 25 heavy (non-hydrogen) atoms. The van der Waals surface area contributed by atoms with Gasteiger partial charge in [0.05, 0.1) is 12.0 Å². The third-order valence-electron chi connectivity index (χ3n) is 4.27. The van der Waals surface area contributed by atoms with Crippen molar-refractivity contribution in [2.24, 2.45) is 7.05 Å². The van der Waals surface area contributed by atoms with Crippen molar-refractivity contribution in [2.45, 2.75) is 19.6 Å². The van der Waals surface area contributed by atoms with Crippen LogP contribution in [0.3, 0.4) is 0 Å². The van der Waals surface area contributed by atoms with Crippen LogP contribution in [0.4, 0.5) is 0 Å². The molecule has 6 heteroatoms. The number of rotatable bonds is 6. The number of imidazole rings is 1. The monoisotopic (exact) mass is 336 g/mol. The van der Waals surface area contributed by atoms with Gasteiger partial charge in [-0.1, -0.05) is 12.1 Å². The Hall–Kier alpha value is -2.86. The van der Waals surface area contributed by atoms with Crippen LogP contribution in [-0.2, 0) is 26.7 Å². The molecule has 0 saturated heterocycles. The molecule has 0 saturated carbocycles. The summed E-state index contributed by atoms with van der Waals surface area (Å²) in [6.07, 6.45) is 7.46. The summed E-state index contributed by atoms with van der Waals surface area (Å²) in [5.74, 6) is 1.63. The highest BCUT2D eigenvalue weighted by Gasteiger charge is 2.16. The molecule has 0 unspecified atom stereocenters. The van der Waals surface area contributed by atoms with Gasteiger partial charge in [-0.25, -0.2) is 4.98 Å². The number of pyridine rings is 1. The highest BCUT2D eigenvalue weighted by Crippen LogP contribution is 2.33. The van der Waals surface area contributed by atoms with Crippen LogP contribution in [0.15, 0.2) is 55.2 Å². The van der Waals surface area contributed by atoms with Gasteiger partial charge in [0.15, 0.2) is 11.5 Å². The first kappa shape index (κ1) is 15.7. The maximum absolute atomic E-state index is 5.50. The van der Waals surface area contributed by atoms with Crippen LogP contribution in [0.2, 0.25) is 0 Å². The Kier molecular flexibility index (Phi) is 4.35. The van der Waals surface area contributed by atoms with E-state index in [9.17, 15) is 0 Å². The molecule has 6 nitrogen and oxygen atoms in total. The zero-order chi connectivity index (χ0) is 17.1. The van der Waals surface area contributed by atoms with Gasteiger partial charge in [-0.05, 0) is 29.3 Å². The average molecular weight is 336 g/mol. The van der Waals surface area contributed by atoms with Crippen molar-refractivity contribution < 1.29 is 9.47 Å². The van der Waals surface area contributed by atoms with Crippen LogP contribution in [-0.4, -0.2) is 26.2 Å². The maximum atomic E-state index is 5.50. The first-order chi connectivity index (χ1) is 12.3. The van der Waals surface area contributed by atoms with Gasteiger partial charge in [0.1, 0.15) is 0 Å². The first-order valence-electron chi connectivity index (χ1n) is 8.23. The molecule has 0 atom stereocenters. The van der Waals surface area contributed by atoms with Crippen LogP contribution in [0, 0.1) is 0 Å². The number of aryl methyl sites for hydroxylation is 1. The summed E-state index contributed by atoms with van der Waals surface area (Å²) in [5.41, 5.74) is 3.55. The average Bonchev–Trinajstić information content (AvgIpc) is 3.24. The van der Waals surface area contributed by atoms with E-state index in [1.54, 1.807) is 6.20 Å². The molecule has 4 rings (SSSR count). The zero-order valence-electron chi connectivity index (χ0n) is 14.1. The van der Waals surface area contributed by atoms with Crippen molar-refractivity contribution in [3.8, 4) is 11.5 Å². The predicted molar refractivity (Wildman–Crippen MR) is 93.0 cm³/mol. The van der Waals surface area contributed by atoms with E-state index in [4.69, 9.17) is 9.47 Å². The van der Waals surface area contributed by atoms with Crippen molar-refractivity contribution in [1.29, 1.82) is 0 Å². The standard InChI is InChI=1S/C19H20N4O2/c1-22-13-21-9-17(22)12-23(11-16-3-2-6-20-8-16)10-15-4-5-18-19(7-15)25-14-24-18/h2-9,13H,10-12,14H2,1H3. The van der Waals surface area contributed by atoms with Gasteiger partial charge in [0.25, 0.3) is 0 Å². The summed E-state index contributed by atoms with van der Waals surface area (Å²) in [4.78, 5) is 10.8. The summed E-state index contributed by atoms with van der Waals surface area (Å²) in [6, 6.07) is 10.2. The Morgan fingerprint density at radius 3 is 2.68 bits per heavy atom. The van der Waals surface area contributed by atoms with Crippen molar-refractivity contribution in [2.75, 3.05) is 6.79 Å². The van der Waals surface area contributed by atoms with Gasteiger partial charge in [0.2, 0.25) is 6.79 Å². The van der Waals surface area contributed by atoms with Gasteiger partial charge < -0.3 is 14.0 Å². The summed E-state index contributed by atoms with van der Waals surface area (Å²) >= 11 is 0. The molecule has 0 bridgehead atoms. The minimum atomic E-state index is 0.299. The molecule has 1 aliphatic heterocycles. The Balaban J connectivity index is 1.55. The van der Waals surface area contributed by atoms with Gasteiger partial charge in [0, 0.05) is 45.3 Å². The van der Waals surface area contributed by atoms with Crippen LogP contribution in [0.5, 0.6) is 11.5 Å². The minimum Gasteiger partial charge on any atom is -0.454 e. The number of ether oxygens (including phenoxy) is 2. The van der Waals surface area contributed by atoms with Gasteiger partial charge >= 0.3 is 0 Å². The van der Waals surface area contributed by atoms with Crippen molar-refractivity contribution >= 4 is 0 Å². The molecule has 0 spiro atoms. The van der Waals surface area contributed by atoms with Gasteiger partial charge in [-0.15, -0.1) is 0 Å². The number of hydrogen-bond donors (Lipinski definition) is 0. The predicted octanol–water partition coefficient (Wildman–Crippen LogP) is 2.75. The lowest BCUT2D eigenvalue weighted by Gasteiger charge is -2.22. The fraction of sp³-hybridized carbons (Fsp3) is 0.263. The molecular weight excluding hydrogens is 316 g/mol. The van der Waals surface area contributed by atoms with Gasteiger partial charge in [-0.2, -0.15) is 0 Å². The summed E-state index contributed by atoms with van der Waals surface area (Å²) in [7, 11) is 2.02. The maximum Gasteiger partial charge on any atom is 0.231 e. The molecule has 0 N–H and O–H groups in total. The lowest BCUT2D eigenvalue weighted by atomic mass is 10.1. The highest BCUT2D eigenvalue weighted by molar-refractivity contribution is 5.44. The minimum absolute atomic E-state index is 0.299. The van der Waals surface area contributed by atoms with Crippen LogP contribution < -0.4 is 9.47 Å². The number of benzene rings is 1. The second-order valence-corrected chi connectivity index (χ2v) is 6.19. The van der Waals surface area contributed by atoms with Crippen molar-refractivity contribution in [3.05, 3.63) is 72.1 Å². The molecule has 1 aromatic carbocycles. The lowest BCUT2D eigenvalue weighted by Crippen LogP contribution is -2.23. The van der Waals surface area contributed by atoms with E-state index < -0.39 is 0 Å². The van der Waals surface area contributed by atoms with Crippen LogP contribution in [0.1, 0.15) is 16.8 Å². The molecule has 1 aliphatic rings. The third-order valence-corrected chi connectivity index (χ3v) is 4.27. The Morgan fingerprint density at radius 1 is 1.00 bits per heavy atom. The molecule has 0 fully saturated rings. The number of fused-ring (bicyclic) bond motifs is 1. The fourth-order valence-electron chi connectivity index (χ4n) is 2.98. The molecule has 3 heterocycles. The molecule has 0 amide bonds. The Bertz CT molecular complexity index is 848. The van der Waals surface area contributed by atoms with E-state index in [0.717, 1.165) is 31.1 Å². The van der Waals surface area contributed by atoms with Gasteiger partial charge in [-0.3, -0.25) is 9.88 Å². The van der Waals surface area contributed by atoms with Crippen molar-refractivity contribution in [3.63, 3.8) is 0 Å². The molecule has 0 aliphatic carbocycles. The van der Waals surface area contributed by atoms with E-state index in [1.807, 2.05) is 37.9 Å². The molecule has 128 valence electrons. The lowest BCUT2D eigenvalue weighted by molar-refractivity contribution is 0.174. The highest BCUT2D eigenvalue weighted by atomic mass is 16.7. The second-order valence-electron chi connectivity index (χ2n) is 6.19. The third kappa shape index (κ3) is 3.64. The summed E-state index contributed by atoms with van der Waals surface area (Å²) < 4.78 is 12.9. The largest absolute Gasteiger partial charge is 0.454 e. The van der Waals surface area contributed by atoms with Crippen LogP contribution in [0.25, 0.3) is 0 Å². The van der Waals surface area contributed by atoms with E-state index in [-0.39, 0.29) is 0 Å². The Morgan fingerprint density at radius 2 is 1.88 bits per heavy atom. The first-order valence-corrected chi connectivity index (χ1v) is 8.23. The summed E-state index contributed by atoms with van der Waals surface area (Å²) in [6.45, 7) is 2.72. The van der Waals surface area contributed by atoms with Crippen molar-refractivity contribution in [1.82, 2.24) is 19.4 Å². The zero-order valence-corrected chi connectivity index (χ0v) is 14.1. The smallest absolute Gasteiger partial charge is 0.231 e. The van der Waals surface area contributed by atoms with E-state index in [0.29, 0.717) is 6.79 Å². The normalized spacial score (nSPS) is 12.7. The molecule has 2 aromatic heterocycles. The number of nitrogens with zero attached hydrogens (tertiary/aromatic N) is 4. The SMILES string of the molecule is Cn1cncc1CN(Cc1cccnc1)Cc1ccc2c(c1)OCO2.